The van der Waals surface area contributed by atoms with E-state index in [1.54, 1.807) is 18.2 Å². The summed E-state index contributed by atoms with van der Waals surface area (Å²) >= 11 is 5.87. The highest BCUT2D eigenvalue weighted by Crippen LogP contribution is 2.37. The average Bonchev–Trinajstić information content (AvgIpc) is 2.22. The minimum absolute atomic E-state index is 0.218. The second-order valence-corrected chi connectivity index (χ2v) is 3.64. The Bertz CT molecular complexity index is 460. The molecule has 6 heteroatoms. The van der Waals surface area contributed by atoms with Gasteiger partial charge in [-0.25, -0.2) is 0 Å². The van der Waals surface area contributed by atoms with E-state index in [0.717, 1.165) is 4.90 Å². The van der Waals surface area contributed by atoms with E-state index < -0.39 is 18.4 Å². The van der Waals surface area contributed by atoms with Gasteiger partial charge in [0.15, 0.2) is 12.4 Å². The van der Waals surface area contributed by atoms with Crippen molar-refractivity contribution in [3.05, 3.63) is 23.2 Å². The van der Waals surface area contributed by atoms with Gasteiger partial charge in [0, 0.05) is 0 Å². The molecule has 5 nitrogen and oxygen atoms in total. The van der Waals surface area contributed by atoms with Gasteiger partial charge in [0.1, 0.15) is 0 Å². The van der Waals surface area contributed by atoms with Crippen molar-refractivity contribution in [3.63, 3.8) is 0 Å². The van der Waals surface area contributed by atoms with Crippen LogP contribution in [-0.4, -0.2) is 25.0 Å². The number of benzene rings is 1. The summed E-state index contributed by atoms with van der Waals surface area (Å²) in [4.78, 5) is 23.1. The molecule has 0 fully saturated rings. The number of carbonyl (C=O) groups is 2. The molecule has 0 bridgehead atoms. The number of carbonyl (C=O) groups excluding carboxylic acids is 2. The zero-order valence-corrected chi connectivity index (χ0v) is 8.86. The highest BCUT2D eigenvalue weighted by Gasteiger charge is 2.26. The number of hydrogen-bond donors (Lipinski definition) is 0. The lowest BCUT2D eigenvalue weighted by Gasteiger charge is -2.29. The van der Waals surface area contributed by atoms with Gasteiger partial charge < -0.3 is 19.5 Å². The van der Waals surface area contributed by atoms with Gasteiger partial charge in [0.05, 0.1) is 23.2 Å². The first-order chi connectivity index (χ1) is 7.59. The molecular weight excluding hydrogens is 234 g/mol. The highest BCUT2D eigenvalue weighted by molar-refractivity contribution is 6.32. The molecule has 0 saturated carbocycles. The number of fused-ring (bicyclic) bond motifs is 1. The van der Waals surface area contributed by atoms with Gasteiger partial charge in [-0.15, -0.1) is 0 Å². The standard InChI is InChI=1S/C10H8ClNO4/c11-6-2-1-3-7-10(6)16-5-8(13)12(7)4-9(14)15/h1-3H,4-5H2,(H,14,15)/p-1. The van der Waals surface area contributed by atoms with E-state index in [9.17, 15) is 14.7 Å². The van der Waals surface area contributed by atoms with Crippen molar-refractivity contribution < 1.29 is 19.4 Å². The SMILES string of the molecule is O=C([O-])CN1C(=O)COc2c(Cl)cccc21. The lowest BCUT2D eigenvalue weighted by atomic mass is 10.2. The molecule has 0 radical (unpaired) electrons. The van der Waals surface area contributed by atoms with Crippen molar-refractivity contribution in [2.45, 2.75) is 0 Å². The summed E-state index contributed by atoms with van der Waals surface area (Å²) in [5, 5.41) is 10.9. The van der Waals surface area contributed by atoms with Crippen molar-refractivity contribution in [1.82, 2.24) is 0 Å². The lowest BCUT2D eigenvalue weighted by molar-refractivity contribution is -0.303. The number of carboxylic acid groups (broad SMARTS) is 1. The second-order valence-electron chi connectivity index (χ2n) is 3.23. The topological polar surface area (TPSA) is 69.7 Å². The van der Waals surface area contributed by atoms with Crippen LogP contribution in [0.15, 0.2) is 18.2 Å². The van der Waals surface area contributed by atoms with E-state index in [4.69, 9.17) is 16.3 Å². The monoisotopic (exact) mass is 240 g/mol. The average molecular weight is 241 g/mol. The van der Waals surface area contributed by atoms with Crippen molar-refractivity contribution in [2.24, 2.45) is 0 Å². The van der Waals surface area contributed by atoms with Gasteiger partial charge in [0.25, 0.3) is 5.91 Å². The maximum Gasteiger partial charge on any atom is 0.265 e. The molecule has 0 aromatic heterocycles. The van der Waals surface area contributed by atoms with Gasteiger partial charge in [-0.2, -0.15) is 0 Å². The van der Waals surface area contributed by atoms with Gasteiger partial charge in [-0.1, -0.05) is 17.7 Å². The number of amides is 1. The number of nitrogens with zero attached hydrogens (tertiary/aromatic N) is 1. The first kappa shape index (κ1) is 10.8. The molecular formula is C10H7ClNO4-. The summed E-state index contributed by atoms with van der Waals surface area (Å²) in [6.07, 6.45) is 0. The first-order valence-electron chi connectivity index (χ1n) is 4.51. The van der Waals surface area contributed by atoms with E-state index in [2.05, 4.69) is 0 Å². The van der Waals surface area contributed by atoms with Crippen molar-refractivity contribution in [1.29, 1.82) is 0 Å². The van der Waals surface area contributed by atoms with Crippen LogP contribution in [0.25, 0.3) is 0 Å². The van der Waals surface area contributed by atoms with Crippen LogP contribution in [0.5, 0.6) is 5.75 Å². The van der Waals surface area contributed by atoms with E-state index in [-0.39, 0.29) is 6.61 Å². The summed E-state index contributed by atoms with van der Waals surface area (Å²) < 4.78 is 5.14. The van der Waals surface area contributed by atoms with Crippen molar-refractivity contribution in [2.75, 3.05) is 18.1 Å². The summed E-state index contributed by atoms with van der Waals surface area (Å²) in [7, 11) is 0. The molecule has 0 N–H and O–H groups in total. The van der Waals surface area contributed by atoms with Gasteiger partial charge in [-0.3, -0.25) is 4.79 Å². The third kappa shape index (κ3) is 1.81. The number of anilines is 1. The number of rotatable bonds is 2. The summed E-state index contributed by atoms with van der Waals surface area (Å²) in [6.45, 7) is -0.723. The Hall–Kier alpha value is -1.75. The summed E-state index contributed by atoms with van der Waals surface area (Å²) in [5.74, 6) is -1.44. The van der Waals surface area contributed by atoms with Gasteiger partial charge in [-0.05, 0) is 12.1 Å². The van der Waals surface area contributed by atoms with Gasteiger partial charge >= 0.3 is 0 Å². The molecule has 0 spiro atoms. The van der Waals surface area contributed by atoms with E-state index in [1.165, 1.54) is 0 Å². The molecule has 0 saturated heterocycles. The normalized spacial score (nSPS) is 14.3. The Kier molecular flexibility index (Phi) is 2.70. The van der Waals surface area contributed by atoms with Crippen LogP contribution in [-0.2, 0) is 9.59 Å². The smallest absolute Gasteiger partial charge is 0.265 e. The Morgan fingerprint density at radius 2 is 2.31 bits per heavy atom. The number of para-hydroxylation sites is 1. The van der Waals surface area contributed by atoms with Crippen molar-refractivity contribution >= 4 is 29.2 Å². The fourth-order valence-electron chi connectivity index (χ4n) is 1.50. The molecule has 84 valence electrons. The van der Waals surface area contributed by atoms with E-state index in [0.29, 0.717) is 16.5 Å². The summed E-state index contributed by atoms with van der Waals surface area (Å²) in [6, 6.07) is 4.79. The fraction of sp³-hybridized carbons (Fsp3) is 0.200. The largest absolute Gasteiger partial charge is 0.548 e. The third-order valence-corrected chi connectivity index (χ3v) is 2.46. The fourth-order valence-corrected chi connectivity index (χ4v) is 1.73. The molecule has 1 aromatic carbocycles. The van der Waals surface area contributed by atoms with Crippen LogP contribution in [0.3, 0.4) is 0 Å². The first-order valence-corrected chi connectivity index (χ1v) is 4.89. The number of carboxylic acids is 1. The number of ether oxygens (including phenoxy) is 1. The van der Waals surface area contributed by atoms with Crippen LogP contribution >= 0.6 is 11.6 Å². The Morgan fingerprint density at radius 1 is 1.56 bits per heavy atom. The lowest BCUT2D eigenvalue weighted by Crippen LogP contribution is -2.45. The molecule has 0 atom stereocenters. The minimum Gasteiger partial charge on any atom is -0.548 e. The molecule has 1 aliphatic heterocycles. The molecule has 16 heavy (non-hydrogen) atoms. The Labute approximate surface area is 96.2 Å². The van der Waals surface area contributed by atoms with E-state index >= 15 is 0 Å². The molecule has 2 rings (SSSR count). The third-order valence-electron chi connectivity index (χ3n) is 2.17. The van der Waals surface area contributed by atoms with Crippen LogP contribution in [0.4, 0.5) is 5.69 Å². The highest BCUT2D eigenvalue weighted by atomic mass is 35.5. The van der Waals surface area contributed by atoms with Crippen LogP contribution in [0, 0.1) is 0 Å². The van der Waals surface area contributed by atoms with Crippen LogP contribution in [0.2, 0.25) is 5.02 Å². The predicted octanol–water partition coefficient (Wildman–Crippen LogP) is -0.185. The number of halogens is 1. The molecule has 0 unspecified atom stereocenters. The van der Waals surface area contributed by atoms with Crippen LogP contribution in [0.1, 0.15) is 0 Å². The maximum absolute atomic E-state index is 11.5. The van der Waals surface area contributed by atoms with Gasteiger partial charge in [0.2, 0.25) is 0 Å². The Balaban J connectivity index is 2.44. The number of aliphatic carboxylic acids is 1. The Morgan fingerprint density at radius 3 is 3.00 bits per heavy atom. The zero-order chi connectivity index (χ0) is 11.7. The predicted molar refractivity (Wildman–Crippen MR) is 54.3 cm³/mol. The quantitative estimate of drug-likeness (QED) is 0.719. The molecule has 1 aliphatic rings. The van der Waals surface area contributed by atoms with Crippen LogP contribution < -0.4 is 14.7 Å². The zero-order valence-electron chi connectivity index (χ0n) is 8.10. The van der Waals surface area contributed by atoms with Crippen molar-refractivity contribution in [3.8, 4) is 5.75 Å². The molecule has 1 amide bonds. The number of hydrogen-bond acceptors (Lipinski definition) is 4. The maximum atomic E-state index is 11.5. The minimum atomic E-state index is -1.33. The molecule has 1 heterocycles. The summed E-state index contributed by atoms with van der Waals surface area (Å²) in [5.41, 5.74) is 0.355. The van der Waals surface area contributed by atoms with E-state index in [1.807, 2.05) is 0 Å². The molecule has 1 aromatic rings. The second kappa shape index (κ2) is 4.02. The molecule has 0 aliphatic carbocycles.